The molecule has 40 heavy (non-hydrogen) atoms. The Morgan fingerprint density at radius 1 is 0.625 bits per heavy atom. The third-order valence-corrected chi connectivity index (χ3v) is 10.2. The Bertz CT molecular complexity index is 1480. The van der Waals surface area contributed by atoms with Gasteiger partial charge in [0.15, 0.2) is 0 Å². The molecule has 0 saturated heterocycles. The first-order valence-corrected chi connectivity index (χ1v) is 15.4. The van der Waals surface area contributed by atoms with E-state index in [1.807, 2.05) is 24.7 Å². The predicted molar refractivity (Wildman–Crippen MR) is 174 cm³/mol. The summed E-state index contributed by atoms with van der Waals surface area (Å²) in [6.45, 7) is 0. The lowest BCUT2D eigenvalue weighted by Crippen LogP contribution is -2.46. The van der Waals surface area contributed by atoms with E-state index in [1.165, 1.54) is 27.4 Å². The van der Waals surface area contributed by atoms with Crippen molar-refractivity contribution in [3.05, 3.63) is 192 Å². The van der Waals surface area contributed by atoms with Crippen LogP contribution in [0.15, 0.2) is 164 Å². The molecule has 1 heterocycles. The highest BCUT2D eigenvalue weighted by molar-refractivity contribution is 6.57. The van der Waals surface area contributed by atoms with Crippen molar-refractivity contribution in [1.29, 1.82) is 0 Å². The van der Waals surface area contributed by atoms with Gasteiger partial charge in [-0.25, -0.2) is 4.98 Å². The molecule has 0 saturated carbocycles. The van der Waals surface area contributed by atoms with E-state index in [1.54, 1.807) is 0 Å². The zero-order valence-corrected chi connectivity index (χ0v) is 24.8. The smallest absolute Gasteiger partial charge is 0.116 e. The van der Waals surface area contributed by atoms with Crippen LogP contribution in [0.5, 0.6) is 0 Å². The lowest BCUT2D eigenvalue weighted by Gasteiger charge is -2.37. The maximum Gasteiger partial charge on any atom is 0.116 e. The highest BCUT2D eigenvalue weighted by Gasteiger charge is 2.36. The van der Waals surface area contributed by atoms with E-state index in [-0.39, 0.29) is 5.16 Å². The summed E-state index contributed by atoms with van der Waals surface area (Å²) >= 11 is 6.12. The van der Waals surface area contributed by atoms with Crippen molar-refractivity contribution in [2.45, 2.75) is 11.0 Å². The van der Waals surface area contributed by atoms with Gasteiger partial charge in [0.2, 0.25) is 0 Å². The summed E-state index contributed by atoms with van der Waals surface area (Å²) in [5.74, 6) is 0.484. The van der Waals surface area contributed by atoms with E-state index >= 15 is 0 Å². The highest BCUT2D eigenvalue weighted by atomic mass is 35.5. The summed E-state index contributed by atoms with van der Waals surface area (Å²) in [4.78, 5) is 4.36. The average molecular weight is 555 g/mol. The normalized spacial score (nSPS) is 11.3. The number of imidazole rings is 1. The molecular formula is C35H32BClN2Si. The van der Waals surface area contributed by atoms with Crippen molar-refractivity contribution in [2.75, 3.05) is 0 Å². The molecule has 196 valence electrons. The minimum atomic E-state index is -0.821. The summed E-state index contributed by atoms with van der Waals surface area (Å²) in [6.07, 6.45) is 5.86. The molecule has 0 atom stereocenters. The van der Waals surface area contributed by atoms with Gasteiger partial charge in [-0.05, 0) is 40.2 Å². The van der Waals surface area contributed by atoms with Gasteiger partial charge in [0.25, 0.3) is 0 Å². The van der Waals surface area contributed by atoms with Crippen molar-refractivity contribution in [2.24, 2.45) is 0 Å². The SMILES string of the molecule is BC(c1ccccc1)c1ccccc1.Clc1ccc([SiH2]C(c2ccccc2)(c2ccccc2)n2ccnc2)cc1. The molecule has 0 aliphatic rings. The second kappa shape index (κ2) is 13.3. The van der Waals surface area contributed by atoms with Crippen molar-refractivity contribution in [1.82, 2.24) is 9.55 Å². The molecule has 5 aromatic carbocycles. The highest BCUT2D eigenvalue weighted by Crippen LogP contribution is 2.33. The molecule has 1 aromatic heterocycles. The van der Waals surface area contributed by atoms with Crippen LogP contribution in [0.25, 0.3) is 0 Å². The van der Waals surface area contributed by atoms with Gasteiger partial charge in [0.05, 0.1) is 21.0 Å². The van der Waals surface area contributed by atoms with Crippen molar-refractivity contribution >= 4 is 34.2 Å². The Balaban J connectivity index is 0.000000194. The second-order valence-corrected chi connectivity index (χ2v) is 12.5. The van der Waals surface area contributed by atoms with E-state index in [0.29, 0.717) is 5.82 Å². The van der Waals surface area contributed by atoms with Crippen molar-refractivity contribution in [3.8, 4) is 0 Å². The first-order chi connectivity index (χ1) is 19.7. The zero-order valence-electron chi connectivity index (χ0n) is 22.6. The molecule has 0 aliphatic heterocycles. The van der Waals surface area contributed by atoms with E-state index < -0.39 is 9.52 Å². The first kappa shape index (κ1) is 27.4. The molecule has 2 nitrogen and oxygen atoms in total. The van der Waals surface area contributed by atoms with E-state index in [9.17, 15) is 0 Å². The third kappa shape index (κ3) is 6.36. The van der Waals surface area contributed by atoms with Gasteiger partial charge in [0.1, 0.15) is 7.85 Å². The van der Waals surface area contributed by atoms with Gasteiger partial charge < -0.3 is 4.57 Å². The van der Waals surface area contributed by atoms with Crippen LogP contribution in [0.2, 0.25) is 5.02 Å². The fourth-order valence-electron chi connectivity index (χ4n) is 5.25. The average Bonchev–Trinajstić information content (AvgIpc) is 3.58. The van der Waals surface area contributed by atoms with Crippen molar-refractivity contribution < 1.29 is 0 Å². The number of rotatable bonds is 7. The minimum absolute atomic E-state index is 0.243. The number of halogens is 1. The van der Waals surface area contributed by atoms with Gasteiger partial charge in [-0.1, -0.05) is 150 Å². The predicted octanol–water partition coefficient (Wildman–Crippen LogP) is 6.19. The standard InChI is InChI=1S/C22H19ClN2Si.C13H13B/c23-20-11-13-21(14-12-20)26-22(25-16-15-24-17-25,18-7-3-1-4-8-18)19-9-5-2-6-10-19;14-13(11-7-3-1-4-8-11)12-9-5-2-6-10-12/h1-17H,26H2;1-10,13H,14H2. The number of hydrogen-bond acceptors (Lipinski definition) is 1. The topological polar surface area (TPSA) is 17.8 Å². The fraction of sp³-hybridized carbons (Fsp3) is 0.0571. The summed E-state index contributed by atoms with van der Waals surface area (Å²) < 4.78 is 2.26. The molecule has 6 aromatic rings. The van der Waals surface area contributed by atoms with E-state index in [0.717, 1.165) is 5.02 Å². The Kier molecular flexibility index (Phi) is 9.12. The van der Waals surface area contributed by atoms with Crippen molar-refractivity contribution in [3.63, 3.8) is 0 Å². The Labute approximate surface area is 245 Å². The van der Waals surface area contributed by atoms with Crippen LogP contribution >= 0.6 is 11.6 Å². The maximum absolute atomic E-state index is 6.12. The minimum Gasteiger partial charge on any atom is -0.326 e. The number of nitrogens with zero attached hydrogens (tertiary/aromatic N) is 2. The molecule has 0 amide bonds. The monoisotopic (exact) mass is 554 g/mol. The molecule has 0 N–H and O–H groups in total. The van der Waals surface area contributed by atoms with Gasteiger partial charge >= 0.3 is 0 Å². The Morgan fingerprint density at radius 3 is 1.50 bits per heavy atom. The third-order valence-electron chi connectivity index (χ3n) is 7.42. The molecule has 6 rings (SSSR count). The van der Waals surface area contributed by atoms with Crippen LogP contribution in [0, 0.1) is 0 Å². The molecule has 0 aliphatic carbocycles. The molecule has 0 radical (unpaired) electrons. The number of aromatic nitrogens is 2. The first-order valence-electron chi connectivity index (χ1n) is 13.6. The fourth-order valence-corrected chi connectivity index (χ4v) is 7.68. The molecule has 5 heteroatoms. The Morgan fingerprint density at radius 2 is 1.07 bits per heavy atom. The lowest BCUT2D eigenvalue weighted by molar-refractivity contribution is 0.596. The quantitative estimate of drug-likeness (QED) is 0.215. The molecule has 0 unspecified atom stereocenters. The van der Waals surface area contributed by atoms with Crippen LogP contribution in [-0.2, 0) is 5.16 Å². The van der Waals surface area contributed by atoms with Crippen LogP contribution in [0.4, 0.5) is 0 Å². The van der Waals surface area contributed by atoms with Gasteiger partial charge in [-0.2, -0.15) is 0 Å². The lowest BCUT2D eigenvalue weighted by atomic mass is 9.76. The van der Waals surface area contributed by atoms with E-state index in [2.05, 4.69) is 157 Å². The van der Waals surface area contributed by atoms with Crippen LogP contribution < -0.4 is 5.19 Å². The van der Waals surface area contributed by atoms with Crippen LogP contribution in [-0.4, -0.2) is 26.9 Å². The summed E-state index contributed by atoms with van der Waals surface area (Å²) in [7, 11) is 1.42. The number of benzene rings is 5. The summed E-state index contributed by atoms with van der Waals surface area (Å²) in [6, 6.07) is 50.9. The molecular weight excluding hydrogens is 523 g/mol. The van der Waals surface area contributed by atoms with Gasteiger partial charge in [-0.15, -0.1) is 0 Å². The zero-order chi connectivity index (χ0) is 27.6. The van der Waals surface area contributed by atoms with Crippen LogP contribution in [0.1, 0.15) is 28.1 Å². The molecule has 0 fully saturated rings. The molecule has 0 spiro atoms. The summed E-state index contributed by atoms with van der Waals surface area (Å²) in [5, 5.41) is 1.89. The van der Waals surface area contributed by atoms with E-state index in [4.69, 9.17) is 11.6 Å². The largest absolute Gasteiger partial charge is 0.326 e. The molecule has 0 bridgehead atoms. The summed E-state index contributed by atoms with van der Waals surface area (Å²) in [5.41, 5.74) is 5.31. The van der Waals surface area contributed by atoms with Gasteiger partial charge in [-0.3, -0.25) is 0 Å². The number of hydrogen-bond donors (Lipinski definition) is 0. The second-order valence-electron chi connectivity index (χ2n) is 9.91. The van der Waals surface area contributed by atoms with Gasteiger partial charge in [0, 0.05) is 17.4 Å². The Hall–Kier alpha value is -4.12. The maximum atomic E-state index is 6.12. The van der Waals surface area contributed by atoms with Crippen LogP contribution in [0.3, 0.4) is 0 Å².